The van der Waals surface area contributed by atoms with Gasteiger partial charge < -0.3 is 19.5 Å². The number of fused-ring (bicyclic) bond motifs is 1. The summed E-state index contributed by atoms with van der Waals surface area (Å²) in [5.41, 5.74) is 3.40. The number of ether oxygens (including phenoxy) is 1. The standard InChI is InChI=1S/C26H31N5O2/c1-26(2,3)33-25(32)28-17-20-12-14-30(15-13-20)24-29-22-6-4-5-7-23(22)31(24)18-21-10-8-19(16-27)9-11-21/h4-11,20H,12-15,17-18H2,1-3H3,(H,28,32). The molecule has 1 fully saturated rings. The van der Waals surface area contributed by atoms with Gasteiger partial charge in [0.1, 0.15) is 5.60 Å². The van der Waals surface area contributed by atoms with E-state index >= 15 is 0 Å². The molecule has 0 aliphatic carbocycles. The molecule has 172 valence electrons. The molecule has 0 radical (unpaired) electrons. The van der Waals surface area contributed by atoms with Crippen LogP contribution < -0.4 is 10.2 Å². The largest absolute Gasteiger partial charge is 0.444 e. The van der Waals surface area contributed by atoms with E-state index in [1.807, 2.05) is 63.2 Å². The molecule has 1 amide bonds. The number of hydrogen-bond acceptors (Lipinski definition) is 5. The molecule has 7 heteroatoms. The van der Waals surface area contributed by atoms with Crippen LogP contribution in [-0.4, -0.2) is 40.9 Å². The second-order valence-electron chi connectivity index (χ2n) is 9.61. The molecule has 0 atom stereocenters. The number of para-hydroxylation sites is 2. The van der Waals surface area contributed by atoms with Crippen molar-refractivity contribution in [1.29, 1.82) is 5.26 Å². The predicted octanol–water partition coefficient (Wildman–Crippen LogP) is 4.70. The second-order valence-corrected chi connectivity index (χ2v) is 9.61. The summed E-state index contributed by atoms with van der Waals surface area (Å²) in [5.74, 6) is 1.39. The van der Waals surface area contributed by atoms with Crippen molar-refractivity contribution in [2.75, 3.05) is 24.5 Å². The predicted molar refractivity (Wildman–Crippen MR) is 129 cm³/mol. The zero-order chi connectivity index (χ0) is 23.4. The lowest BCUT2D eigenvalue weighted by molar-refractivity contribution is 0.0516. The number of amides is 1. The first kappa shape index (κ1) is 22.7. The van der Waals surface area contributed by atoms with Gasteiger partial charge in [0.05, 0.1) is 29.2 Å². The molecule has 4 rings (SSSR count). The number of aromatic nitrogens is 2. The molecule has 0 saturated carbocycles. The summed E-state index contributed by atoms with van der Waals surface area (Å²) in [4.78, 5) is 19.3. The third-order valence-electron chi connectivity index (χ3n) is 5.89. The van der Waals surface area contributed by atoms with E-state index in [1.54, 1.807) is 0 Å². The molecule has 2 aromatic carbocycles. The molecule has 3 aromatic rings. The lowest BCUT2D eigenvalue weighted by atomic mass is 9.97. The fourth-order valence-electron chi connectivity index (χ4n) is 4.21. The molecule has 2 heterocycles. The van der Waals surface area contributed by atoms with E-state index < -0.39 is 5.60 Å². The van der Waals surface area contributed by atoms with E-state index in [9.17, 15) is 4.79 Å². The van der Waals surface area contributed by atoms with E-state index in [1.165, 1.54) is 0 Å². The summed E-state index contributed by atoms with van der Waals surface area (Å²) in [7, 11) is 0. The molecule has 33 heavy (non-hydrogen) atoms. The van der Waals surface area contributed by atoms with Crippen LogP contribution in [0.25, 0.3) is 11.0 Å². The highest BCUT2D eigenvalue weighted by Crippen LogP contribution is 2.28. The Kier molecular flexibility index (Phi) is 6.55. The first-order valence-electron chi connectivity index (χ1n) is 11.5. The Hall–Kier alpha value is -3.53. The van der Waals surface area contributed by atoms with Crippen molar-refractivity contribution < 1.29 is 9.53 Å². The average molecular weight is 446 g/mol. The lowest BCUT2D eigenvalue weighted by Gasteiger charge is -2.33. The summed E-state index contributed by atoms with van der Waals surface area (Å²) in [6.07, 6.45) is 1.61. The number of rotatable bonds is 5. The zero-order valence-electron chi connectivity index (χ0n) is 19.5. The van der Waals surface area contributed by atoms with E-state index in [4.69, 9.17) is 15.0 Å². The summed E-state index contributed by atoms with van der Waals surface area (Å²) >= 11 is 0. The number of carbonyl (C=O) groups is 1. The number of benzene rings is 2. The second kappa shape index (κ2) is 9.53. The molecule has 7 nitrogen and oxygen atoms in total. The summed E-state index contributed by atoms with van der Waals surface area (Å²) in [6, 6.07) is 18.1. The molecule has 1 saturated heterocycles. The average Bonchev–Trinajstić information content (AvgIpc) is 3.16. The van der Waals surface area contributed by atoms with Crippen molar-refractivity contribution in [3.63, 3.8) is 0 Å². The van der Waals surface area contributed by atoms with Gasteiger partial charge >= 0.3 is 6.09 Å². The van der Waals surface area contributed by atoms with Gasteiger partial charge in [-0.15, -0.1) is 0 Å². The van der Waals surface area contributed by atoms with Crippen molar-refractivity contribution >= 4 is 23.1 Å². The van der Waals surface area contributed by atoms with Crippen LogP contribution in [0.3, 0.4) is 0 Å². The van der Waals surface area contributed by atoms with Gasteiger partial charge in [0.2, 0.25) is 5.95 Å². The van der Waals surface area contributed by atoms with Gasteiger partial charge in [0, 0.05) is 19.6 Å². The number of hydrogen-bond donors (Lipinski definition) is 1. The summed E-state index contributed by atoms with van der Waals surface area (Å²) in [6.45, 7) is 8.71. The fraction of sp³-hybridized carbons (Fsp3) is 0.423. The third kappa shape index (κ3) is 5.64. The topological polar surface area (TPSA) is 83.2 Å². The molecular weight excluding hydrogens is 414 g/mol. The van der Waals surface area contributed by atoms with Crippen LogP contribution in [0, 0.1) is 17.2 Å². The Morgan fingerprint density at radius 3 is 2.52 bits per heavy atom. The minimum atomic E-state index is -0.485. The van der Waals surface area contributed by atoms with Crippen molar-refractivity contribution in [2.24, 2.45) is 5.92 Å². The van der Waals surface area contributed by atoms with Crippen molar-refractivity contribution in [2.45, 2.75) is 45.8 Å². The Labute approximate surface area is 195 Å². The van der Waals surface area contributed by atoms with Gasteiger partial charge in [0.15, 0.2) is 0 Å². The Balaban J connectivity index is 1.45. The van der Waals surface area contributed by atoms with Crippen LogP contribution >= 0.6 is 0 Å². The van der Waals surface area contributed by atoms with E-state index in [0.717, 1.165) is 48.5 Å². The number of alkyl carbamates (subject to hydrolysis) is 1. The minimum Gasteiger partial charge on any atom is -0.444 e. The molecule has 0 unspecified atom stereocenters. The van der Waals surface area contributed by atoms with E-state index in [0.29, 0.717) is 24.6 Å². The van der Waals surface area contributed by atoms with Crippen LogP contribution in [0.2, 0.25) is 0 Å². The van der Waals surface area contributed by atoms with Crippen LogP contribution in [0.5, 0.6) is 0 Å². The van der Waals surface area contributed by atoms with Gasteiger partial charge in [0.25, 0.3) is 0 Å². The first-order valence-corrected chi connectivity index (χ1v) is 11.5. The van der Waals surface area contributed by atoms with E-state index in [-0.39, 0.29) is 6.09 Å². The molecule has 1 aromatic heterocycles. The maximum Gasteiger partial charge on any atom is 0.407 e. The maximum atomic E-state index is 12.0. The Bertz CT molecular complexity index is 1150. The van der Waals surface area contributed by atoms with Crippen LogP contribution in [0.15, 0.2) is 48.5 Å². The number of imidazole rings is 1. The molecule has 0 spiro atoms. The van der Waals surface area contributed by atoms with Crippen molar-refractivity contribution in [3.8, 4) is 6.07 Å². The molecular formula is C26H31N5O2. The van der Waals surface area contributed by atoms with Crippen molar-refractivity contribution in [1.82, 2.24) is 14.9 Å². The highest BCUT2D eigenvalue weighted by molar-refractivity contribution is 5.79. The van der Waals surface area contributed by atoms with Gasteiger partial charge in [-0.2, -0.15) is 5.26 Å². The van der Waals surface area contributed by atoms with Gasteiger partial charge in [-0.3, -0.25) is 0 Å². The lowest BCUT2D eigenvalue weighted by Crippen LogP contribution is -2.41. The Morgan fingerprint density at radius 2 is 1.85 bits per heavy atom. The summed E-state index contributed by atoms with van der Waals surface area (Å²) in [5, 5.41) is 12.0. The third-order valence-corrected chi connectivity index (χ3v) is 5.89. The number of nitrogens with zero attached hydrogens (tertiary/aromatic N) is 4. The number of nitrogens with one attached hydrogen (secondary N) is 1. The van der Waals surface area contributed by atoms with Gasteiger partial charge in [-0.05, 0) is 69.4 Å². The van der Waals surface area contributed by atoms with Crippen LogP contribution in [-0.2, 0) is 11.3 Å². The summed E-state index contributed by atoms with van der Waals surface area (Å²) < 4.78 is 7.61. The van der Waals surface area contributed by atoms with Gasteiger partial charge in [-0.25, -0.2) is 9.78 Å². The molecule has 1 aliphatic heterocycles. The normalized spacial score (nSPS) is 14.8. The quantitative estimate of drug-likeness (QED) is 0.616. The highest BCUT2D eigenvalue weighted by Gasteiger charge is 2.25. The minimum absolute atomic E-state index is 0.353. The Morgan fingerprint density at radius 1 is 1.15 bits per heavy atom. The number of piperidine rings is 1. The number of nitriles is 1. The SMILES string of the molecule is CC(C)(C)OC(=O)NCC1CCN(c2nc3ccccc3n2Cc2ccc(C#N)cc2)CC1. The highest BCUT2D eigenvalue weighted by atomic mass is 16.6. The number of carbonyl (C=O) groups excluding carboxylic acids is 1. The van der Waals surface area contributed by atoms with Crippen LogP contribution in [0.1, 0.15) is 44.7 Å². The van der Waals surface area contributed by atoms with E-state index in [2.05, 4.69) is 26.9 Å². The molecule has 0 bridgehead atoms. The fourth-order valence-corrected chi connectivity index (χ4v) is 4.21. The monoisotopic (exact) mass is 445 g/mol. The first-order chi connectivity index (χ1) is 15.8. The van der Waals surface area contributed by atoms with Crippen LogP contribution in [0.4, 0.5) is 10.7 Å². The molecule has 1 N–H and O–H groups in total. The van der Waals surface area contributed by atoms with Crippen molar-refractivity contribution in [3.05, 3.63) is 59.7 Å². The maximum absolute atomic E-state index is 12.0. The smallest absolute Gasteiger partial charge is 0.407 e. The zero-order valence-corrected chi connectivity index (χ0v) is 19.5. The molecule has 1 aliphatic rings. The number of anilines is 1. The van der Waals surface area contributed by atoms with Gasteiger partial charge in [-0.1, -0.05) is 24.3 Å².